The Labute approximate surface area is 138 Å². The molecule has 3 heteroatoms. The fraction of sp³-hybridized carbons (Fsp3) is 0.0500. The highest BCUT2D eigenvalue weighted by molar-refractivity contribution is 6.31. The summed E-state index contributed by atoms with van der Waals surface area (Å²) in [5.41, 5.74) is 3.03. The average Bonchev–Trinajstić information content (AvgIpc) is 2.59. The van der Waals surface area contributed by atoms with Gasteiger partial charge < -0.3 is 4.57 Å². The fourth-order valence-electron chi connectivity index (χ4n) is 3.03. The summed E-state index contributed by atoms with van der Waals surface area (Å²) in [5, 5.41) is 2.07. The number of aromatic nitrogens is 1. The van der Waals surface area contributed by atoms with Crippen molar-refractivity contribution in [3.05, 3.63) is 93.6 Å². The summed E-state index contributed by atoms with van der Waals surface area (Å²) in [6, 6.07) is 23.4. The molecular weight excluding hydrogens is 306 g/mol. The van der Waals surface area contributed by atoms with E-state index in [-0.39, 0.29) is 5.43 Å². The van der Waals surface area contributed by atoms with Gasteiger partial charge in [-0.3, -0.25) is 4.79 Å². The van der Waals surface area contributed by atoms with E-state index in [1.165, 1.54) is 5.56 Å². The Kier molecular flexibility index (Phi) is 3.40. The maximum Gasteiger partial charge on any atom is 0.197 e. The van der Waals surface area contributed by atoms with Gasteiger partial charge in [-0.2, -0.15) is 0 Å². The van der Waals surface area contributed by atoms with Crippen LogP contribution in [-0.4, -0.2) is 4.57 Å². The predicted octanol–water partition coefficient (Wildman–Crippen LogP) is 4.86. The molecule has 0 fully saturated rings. The minimum Gasteiger partial charge on any atom is -0.336 e. The summed E-state index contributed by atoms with van der Waals surface area (Å²) >= 11 is 6.18. The zero-order valence-corrected chi connectivity index (χ0v) is 13.1. The Hall–Kier alpha value is -2.58. The van der Waals surface area contributed by atoms with Gasteiger partial charge in [0.25, 0.3) is 0 Å². The highest BCUT2D eigenvalue weighted by atomic mass is 35.5. The molecular formula is C20H14ClNO. The van der Waals surface area contributed by atoms with Gasteiger partial charge in [-0.05, 0) is 35.9 Å². The van der Waals surface area contributed by atoms with Crippen LogP contribution in [0.2, 0.25) is 5.02 Å². The molecule has 0 atom stereocenters. The van der Waals surface area contributed by atoms with E-state index in [2.05, 4.69) is 16.7 Å². The van der Waals surface area contributed by atoms with Gasteiger partial charge in [0, 0.05) is 22.3 Å². The third kappa shape index (κ3) is 2.41. The van der Waals surface area contributed by atoms with Crippen LogP contribution in [0.4, 0.5) is 0 Å². The van der Waals surface area contributed by atoms with Crippen molar-refractivity contribution < 1.29 is 0 Å². The van der Waals surface area contributed by atoms with Crippen molar-refractivity contribution in [1.29, 1.82) is 0 Å². The molecule has 4 aromatic rings. The van der Waals surface area contributed by atoms with Gasteiger partial charge in [-0.1, -0.05) is 54.1 Å². The lowest BCUT2D eigenvalue weighted by molar-refractivity contribution is 0.862. The Morgan fingerprint density at radius 2 is 1.48 bits per heavy atom. The monoisotopic (exact) mass is 319 g/mol. The van der Waals surface area contributed by atoms with Crippen LogP contribution >= 0.6 is 11.6 Å². The molecule has 0 aliphatic rings. The van der Waals surface area contributed by atoms with Crippen LogP contribution in [-0.2, 0) is 6.54 Å². The molecule has 1 aromatic heterocycles. The number of para-hydroxylation sites is 1. The lowest BCUT2D eigenvalue weighted by Crippen LogP contribution is -2.12. The zero-order chi connectivity index (χ0) is 15.8. The fourth-order valence-corrected chi connectivity index (χ4v) is 3.20. The topological polar surface area (TPSA) is 22.0 Å². The molecule has 4 rings (SSSR count). The second kappa shape index (κ2) is 5.56. The highest BCUT2D eigenvalue weighted by Gasteiger charge is 2.11. The van der Waals surface area contributed by atoms with E-state index in [1.54, 1.807) is 6.07 Å². The van der Waals surface area contributed by atoms with Crippen molar-refractivity contribution in [1.82, 2.24) is 4.57 Å². The quantitative estimate of drug-likeness (QED) is 0.484. The third-order valence-corrected chi connectivity index (χ3v) is 4.35. The van der Waals surface area contributed by atoms with Gasteiger partial charge in [0.1, 0.15) is 0 Å². The smallest absolute Gasteiger partial charge is 0.197 e. The number of hydrogen-bond acceptors (Lipinski definition) is 1. The predicted molar refractivity (Wildman–Crippen MR) is 96.3 cm³/mol. The number of nitrogens with zero attached hydrogens (tertiary/aromatic N) is 1. The van der Waals surface area contributed by atoms with E-state index in [4.69, 9.17) is 11.6 Å². The molecule has 0 N–H and O–H groups in total. The summed E-state index contributed by atoms with van der Waals surface area (Å²) in [4.78, 5) is 12.7. The van der Waals surface area contributed by atoms with E-state index < -0.39 is 0 Å². The molecule has 0 saturated carbocycles. The summed E-state index contributed by atoms with van der Waals surface area (Å²) in [5.74, 6) is 0. The van der Waals surface area contributed by atoms with E-state index >= 15 is 0 Å². The number of rotatable bonds is 2. The SMILES string of the molecule is O=c1c2ccccc2n(Cc2ccccc2)c2cc(Cl)ccc12. The number of benzene rings is 3. The molecule has 0 spiro atoms. The van der Waals surface area contributed by atoms with Crippen LogP contribution in [0.5, 0.6) is 0 Å². The van der Waals surface area contributed by atoms with E-state index in [9.17, 15) is 4.79 Å². The Balaban J connectivity index is 2.11. The first kappa shape index (κ1) is 14.0. The minimum absolute atomic E-state index is 0.0524. The molecule has 0 radical (unpaired) electrons. The van der Waals surface area contributed by atoms with Gasteiger partial charge in [0.2, 0.25) is 0 Å². The van der Waals surface area contributed by atoms with Crippen LogP contribution in [0.15, 0.2) is 77.6 Å². The summed E-state index contributed by atoms with van der Waals surface area (Å²) in [6.45, 7) is 0.693. The molecule has 3 aromatic carbocycles. The summed E-state index contributed by atoms with van der Waals surface area (Å²) in [6.07, 6.45) is 0. The highest BCUT2D eigenvalue weighted by Crippen LogP contribution is 2.23. The third-order valence-electron chi connectivity index (χ3n) is 4.12. The van der Waals surface area contributed by atoms with Crippen molar-refractivity contribution >= 4 is 33.4 Å². The number of pyridine rings is 1. The van der Waals surface area contributed by atoms with Crippen LogP contribution in [0, 0.1) is 0 Å². The molecule has 0 amide bonds. The van der Waals surface area contributed by atoms with Crippen molar-refractivity contribution in [2.45, 2.75) is 6.54 Å². The standard InChI is InChI=1S/C20H14ClNO/c21-15-10-11-17-19(12-15)22(13-14-6-2-1-3-7-14)18-9-5-4-8-16(18)20(17)23/h1-12H,13H2. The van der Waals surface area contributed by atoms with Crippen LogP contribution in [0.3, 0.4) is 0 Å². The second-order valence-electron chi connectivity index (χ2n) is 5.58. The van der Waals surface area contributed by atoms with Crippen molar-refractivity contribution in [2.75, 3.05) is 0 Å². The summed E-state index contributed by atoms with van der Waals surface area (Å²) < 4.78 is 2.16. The van der Waals surface area contributed by atoms with Crippen molar-refractivity contribution in [3.8, 4) is 0 Å². The lowest BCUT2D eigenvalue weighted by Gasteiger charge is -2.15. The molecule has 0 aliphatic carbocycles. The maximum atomic E-state index is 12.7. The van der Waals surface area contributed by atoms with Gasteiger partial charge in [0.15, 0.2) is 5.43 Å². The molecule has 0 unspecified atom stereocenters. The zero-order valence-electron chi connectivity index (χ0n) is 12.4. The first-order valence-corrected chi connectivity index (χ1v) is 7.86. The number of fused-ring (bicyclic) bond motifs is 2. The Bertz CT molecular complexity index is 1070. The number of halogens is 1. The Morgan fingerprint density at radius 3 is 2.30 bits per heavy atom. The molecule has 2 nitrogen and oxygen atoms in total. The van der Waals surface area contributed by atoms with Crippen LogP contribution in [0.1, 0.15) is 5.56 Å². The van der Waals surface area contributed by atoms with Crippen LogP contribution < -0.4 is 5.43 Å². The lowest BCUT2D eigenvalue weighted by atomic mass is 10.1. The van der Waals surface area contributed by atoms with Gasteiger partial charge >= 0.3 is 0 Å². The Morgan fingerprint density at radius 1 is 0.783 bits per heavy atom. The van der Waals surface area contributed by atoms with Gasteiger partial charge in [-0.15, -0.1) is 0 Å². The largest absolute Gasteiger partial charge is 0.336 e. The van der Waals surface area contributed by atoms with E-state index in [0.717, 1.165) is 16.4 Å². The first-order valence-electron chi connectivity index (χ1n) is 7.49. The molecule has 0 saturated heterocycles. The van der Waals surface area contributed by atoms with Crippen molar-refractivity contribution in [2.24, 2.45) is 0 Å². The molecule has 112 valence electrons. The second-order valence-corrected chi connectivity index (χ2v) is 6.02. The normalized spacial score (nSPS) is 11.2. The minimum atomic E-state index is 0.0524. The van der Waals surface area contributed by atoms with Gasteiger partial charge in [0.05, 0.1) is 11.0 Å². The molecule has 0 bridgehead atoms. The number of hydrogen-bond donors (Lipinski definition) is 0. The van der Waals surface area contributed by atoms with Gasteiger partial charge in [-0.25, -0.2) is 0 Å². The van der Waals surface area contributed by atoms with Crippen LogP contribution in [0.25, 0.3) is 21.8 Å². The van der Waals surface area contributed by atoms with Crippen molar-refractivity contribution in [3.63, 3.8) is 0 Å². The molecule has 23 heavy (non-hydrogen) atoms. The van der Waals surface area contributed by atoms with E-state index in [0.29, 0.717) is 17.0 Å². The molecule has 0 aliphatic heterocycles. The first-order chi connectivity index (χ1) is 11.2. The maximum absolute atomic E-state index is 12.7. The van der Waals surface area contributed by atoms with E-state index in [1.807, 2.05) is 54.6 Å². The summed E-state index contributed by atoms with van der Waals surface area (Å²) in [7, 11) is 0. The molecule has 1 heterocycles. The average molecular weight is 320 g/mol.